The van der Waals surface area contributed by atoms with Crippen molar-refractivity contribution < 1.29 is 14.3 Å². The van der Waals surface area contributed by atoms with Gasteiger partial charge in [0.05, 0.1) is 16.6 Å². The van der Waals surface area contributed by atoms with Crippen molar-refractivity contribution in [2.75, 3.05) is 39.1 Å². The zero-order valence-electron chi connectivity index (χ0n) is 13.6. The van der Waals surface area contributed by atoms with Gasteiger partial charge in [0.15, 0.2) is 11.5 Å². The lowest BCUT2D eigenvalue weighted by molar-refractivity contribution is -0.121. The minimum atomic E-state index is -0.447. The van der Waals surface area contributed by atoms with Gasteiger partial charge in [-0.05, 0) is 45.0 Å². The molecule has 6 nitrogen and oxygen atoms in total. The Bertz CT molecular complexity index is 619. The molecule has 1 aromatic carbocycles. The molecule has 0 radical (unpaired) electrons. The predicted octanol–water partition coefficient (Wildman–Crippen LogP) is 2.03. The number of piperidine rings is 1. The Hall–Kier alpha value is -1.37. The van der Waals surface area contributed by atoms with E-state index < -0.39 is 5.92 Å². The van der Waals surface area contributed by atoms with E-state index in [-0.39, 0.29) is 24.2 Å². The predicted molar refractivity (Wildman–Crippen MR) is 96.3 cm³/mol. The molecule has 8 heteroatoms. The molecule has 2 aliphatic heterocycles. The van der Waals surface area contributed by atoms with Gasteiger partial charge in [-0.3, -0.25) is 4.79 Å². The summed E-state index contributed by atoms with van der Waals surface area (Å²) >= 11 is 6.24. The minimum absolute atomic E-state index is 0. The van der Waals surface area contributed by atoms with E-state index in [2.05, 4.69) is 11.9 Å². The normalized spacial score (nSPS) is 19.4. The van der Waals surface area contributed by atoms with Gasteiger partial charge in [-0.15, -0.1) is 12.4 Å². The number of ether oxygens (including phenoxy) is 2. The van der Waals surface area contributed by atoms with Crippen molar-refractivity contribution in [3.8, 4) is 11.5 Å². The molecule has 1 saturated heterocycles. The van der Waals surface area contributed by atoms with Gasteiger partial charge in [-0.25, -0.2) is 0 Å². The van der Waals surface area contributed by atoms with E-state index in [1.54, 1.807) is 6.07 Å². The van der Waals surface area contributed by atoms with E-state index in [0.29, 0.717) is 41.0 Å². The maximum Gasteiger partial charge on any atom is 0.225 e. The molecular weight excluding hydrogens is 353 g/mol. The van der Waals surface area contributed by atoms with Crippen LogP contribution in [-0.2, 0) is 4.79 Å². The number of carbonyl (C=O) groups is 1. The first kappa shape index (κ1) is 19.0. The molecule has 2 heterocycles. The van der Waals surface area contributed by atoms with Crippen LogP contribution in [0.1, 0.15) is 24.3 Å². The van der Waals surface area contributed by atoms with Crippen LogP contribution >= 0.6 is 24.0 Å². The number of primary amides is 1. The number of rotatable bonds is 3. The molecule has 0 bridgehead atoms. The fourth-order valence-electron chi connectivity index (χ4n) is 3.45. The molecule has 1 unspecified atom stereocenters. The Kier molecular flexibility index (Phi) is 6.06. The second kappa shape index (κ2) is 7.68. The quantitative estimate of drug-likeness (QED) is 0.788. The number of likely N-dealkylation sites (tertiary alicyclic amines) is 1. The van der Waals surface area contributed by atoms with Crippen LogP contribution in [0.15, 0.2) is 6.07 Å². The molecule has 4 N–H and O–H groups in total. The second-order valence-corrected chi connectivity index (χ2v) is 6.64. The average Bonchev–Trinajstić information content (AvgIpc) is 2.54. The molecule has 2 aliphatic rings. The fourth-order valence-corrected chi connectivity index (χ4v) is 3.66. The van der Waals surface area contributed by atoms with E-state index >= 15 is 0 Å². The molecule has 0 saturated carbocycles. The largest absolute Gasteiger partial charge is 0.486 e. The van der Waals surface area contributed by atoms with Gasteiger partial charge in [0, 0.05) is 5.56 Å². The monoisotopic (exact) mass is 375 g/mol. The van der Waals surface area contributed by atoms with Crippen molar-refractivity contribution in [3.63, 3.8) is 0 Å². The van der Waals surface area contributed by atoms with Crippen LogP contribution in [0.5, 0.6) is 11.5 Å². The summed E-state index contributed by atoms with van der Waals surface area (Å²) in [5, 5.41) is 0.364. The molecular formula is C16H23Cl2N3O3. The number of nitrogens with zero attached hydrogens (tertiary/aromatic N) is 1. The first-order valence-electron chi connectivity index (χ1n) is 7.84. The lowest BCUT2D eigenvalue weighted by Gasteiger charge is -2.34. The number of fused-ring (bicyclic) bond motifs is 1. The fraction of sp³-hybridized carbons (Fsp3) is 0.562. The topological polar surface area (TPSA) is 90.8 Å². The molecule has 0 spiro atoms. The summed E-state index contributed by atoms with van der Waals surface area (Å²) in [7, 11) is 2.08. The summed E-state index contributed by atoms with van der Waals surface area (Å²) in [4.78, 5) is 14.5. The highest BCUT2D eigenvalue weighted by Gasteiger charge is 2.35. The third-order valence-electron chi connectivity index (χ3n) is 4.70. The van der Waals surface area contributed by atoms with Gasteiger partial charge in [-0.2, -0.15) is 0 Å². The Morgan fingerprint density at radius 2 is 1.88 bits per heavy atom. The Morgan fingerprint density at radius 3 is 2.46 bits per heavy atom. The second-order valence-electron chi connectivity index (χ2n) is 6.24. The lowest BCUT2D eigenvalue weighted by atomic mass is 9.79. The highest BCUT2D eigenvalue weighted by molar-refractivity contribution is 6.33. The first-order valence-corrected chi connectivity index (χ1v) is 8.22. The van der Waals surface area contributed by atoms with Crippen LogP contribution in [0.25, 0.3) is 0 Å². The van der Waals surface area contributed by atoms with Gasteiger partial charge in [0.2, 0.25) is 5.91 Å². The van der Waals surface area contributed by atoms with E-state index in [0.717, 1.165) is 25.9 Å². The zero-order chi connectivity index (χ0) is 16.6. The van der Waals surface area contributed by atoms with E-state index in [1.165, 1.54) is 0 Å². The van der Waals surface area contributed by atoms with Crippen molar-refractivity contribution in [2.24, 2.45) is 11.7 Å². The van der Waals surface area contributed by atoms with Crippen LogP contribution in [0.4, 0.5) is 5.69 Å². The van der Waals surface area contributed by atoms with Gasteiger partial charge in [0.25, 0.3) is 0 Å². The van der Waals surface area contributed by atoms with E-state index in [4.69, 9.17) is 32.5 Å². The van der Waals surface area contributed by atoms with Gasteiger partial charge in [0.1, 0.15) is 13.2 Å². The number of nitrogen functional groups attached to an aromatic ring is 1. The Morgan fingerprint density at radius 1 is 1.29 bits per heavy atom. The molecule has 1 aromatic rings. The number of carbonyl (C=O) groups excluding carboxylic acids is 1. The summed E-state index contributed by atoms with van der Waals surface area (Å²) in [6.45, 7) is 2.71. The standard InChI is InChI=1S/C16H22ClN3O3.ClH/c1-20-4-2-9(3-5-20)12(16(19)21)10-8-11(17)13(18)15-14(10)22-6-7-23-15;/h8-9,12H,2-7,18H2,1H3,(H2,19,21);1H. The van der Waals surface area contributed by atoms with Gasteiger partial charge >= 0.3 is 0 Å². The van der Waals surface area contributed by atoms with Gasteiger partial charge in [-0.1, -0.05) is 11.6 Å². The summed E-state index contributed by atoms with van der Waals surface area (Å²) in [5.41, 5.74) is 12.8. The maximum atomic E-state index is 12.2. The van der Waals surface area contributed by atoms with Crippen molar-refractivity contribution in [2.45, 2.75) is 18.8 Å². The first-order chi connectivity index (χ1) is 11.0. The Labute approximate surface area is 152 Å². The lowest BCUT2D eigenvalue weighted by Crippen LogP contribution is -2.37. The van der Waals surface area contributed by atoms with Crippen LogP contribution in [-0.4, -0.2) is 44.2 Å². The van der Waals surface area contributed by atoms with Crippen molar-refractivity contribution in [1.29, 1.82) is 0 Å². The third kappa shape index (κ3) is 3.50. The van der Waals surface area contributed by atoms with Crippen LogP contribution in [0.2, 0.25) is 5.02 Å². The smallest absolute Gasteiger partial charge is 0.225 e. The molecule has 3 rings (SSSR count). The zero-order valence-corrected chi connectivity index (χ0v) is 15.2. The SMILES string of the molecule is CN1CCC(C(C(N)=O)c2cc(Cl)c(N)c3c2OCCO3)CC1.Cl. The van der Waals surface area contributed by atoms with E-state index in [1.807, 2.05) is 0 Å². The Balaban J connectivity index is 0.00000208. The third-order valence-corrected chi connectivity index (χ3v) is 5.02. The number of nitrogens with two attached hydrogens (primary N) is 2. The summed E-state index contributed by atoms with van der Waals surface area (Å²) in [5.74, 6) is 0.297. The van der Waals surface area contributed by atoms with Gasteiger partial charge < -0.3 is 25.8 Å². The van der Waals surface area contributed by atoms with Crippen molar-refractivity contribution in [1.82, 2.24) is 4.90 Å². The van der Waals surface area contributed by atoms with Crippen LogP contribution in [0, 0.1) is 5.92 Å². The molecule has 1 atom stereocenters. The summed E-state index contributed by atoms with van der Waals surface area (Å²) in [6.07, 6.45) is 1.81. The van der Waals surface area contributed by atoms with Crippen LogP contribution in [0.3, 0.4) is 0 Å². The van der Waals surface area contributed by atoms with Crippen molar-refractivity contribution >= 4 is 35.6 Å². The van der Waals surface area contributed by atoms with E-state index in [9.17, 15) is 4.79 Å². The highest BCUT2D eigenvalue weighted by Crippen LogP contribution is 2.48. The molecule has 134 valence electrons. The summed E-state index contributed by atoms with van der Waals surface area (Å²) < 4.78 is 11.4. The molecule has 0 aromatic heterocycles. The molecule has 24 heavy (non-hydrogen) atoms. The van der Waals surface area contributed by atoms with Crippen molar-refractivity contribution in [3.05, 3.63) is 16.7 Å². The number of hydrogen-bond donors (Lipinski definition) is 2. The van der Waals surface area contributed by atoms with Crippen LogP contribution < -0.4 is 20.9 Å². The highest BCUT2D eigenvalue weighted by atomic mass is 35.5. The maximum absolute atomic E-state index is 12.2. The summed E-state index contributed by atoms with van der Waals surface area (Å²) in [6, 6.07) is 1.71. The molecule has 0 aliphatic carbocycles. The number of hydrogen-bond acceptors (Lipinski definition) is 5. The minimum Gasteiger partial charge on any atom is -0.486 e. The number of anilines is 1. The number of benzene rings is 1. The molecule has 1 amide bonds. The number of amides is 1. The number of halogens is 2. The molecule has 1 fully saturated rings. The average molecular weight is 376 g/mol.